The van der Waals surface area contributed by atoms with Crippen LogP contribution in [0, 0.1) is 0 Å². The summed E-state index contributed by atoms with van der Waals surface area (Å²) in [5.74, 6) is 3.53. The molecule has 0 saturated heterocycles. The predicted molar refractivity (Wildman–Crippen MR) is 458 cm³/mol. The maximum Gasteiger partial charge on any atom is 0.126 e. The van der Waals surface area contributed by atoms with Crippen LogP contribution in [0.3, 0.4) is 0 Å². The van der Waals surface area contributed by atoms with Gasteiger partial charge in [-0.25, -0.2) is 0 Å². The number of hydrogen-bond acceptors (Lipinski definition) is 10. The molecule has 0 saturated carbocycles. The van der Waals surface area contributed by atoms with Crippen LogP contribution in [0.15, 0.2) is 121 Å². The van der Waals surface area contributed by atoms with Crippen LogP contribution in [0.2, 0.25) is 0 Å². The first-order chi connectivity index (χ1) is 52.1. The van der Waals surface area contributed by atoms with Crippen LogP contribution in [0.1, 0.15) is 311 Å². The molecule has 4 N–H and O–H groups in total. The van der Waals surface area contributed by atoms with E-state index >= 15 is 0 Å². The third-order valence-corrected chi connectivity index (χ3v) is 23.1. The van der Waals surface area contributed by atoms with E-state index in [1.54, 1.807) is 0 Å². The van der Waals surface area contributed by atoms with Crippen molar-refractivity contribution in [2.24, 2.45) is 0 Å². The number of benzene rings is 9. The fraction of sp³-hybridized carbons (Fsp3) is 0.471. The first-order valence-corrected chi connectivity index (χ1v) is 40.9. The Hall–Kier alpha value is -8.70. The fourth-order valence-electron chi connectivity index (χ4n) is 15.9. The summed E-state index contributed by atoms with van der Waals surface area (Å²) >= 11 is 0. The van der Waals surface area contributed by atoms with E-state index in [0.29, 0.717) is 87.6 Å². The topological polar surface area (TPSA) is 136 Å². The Morgan fingerprint density at radius 2 is 0.366 bits per heavy atom. The van der Waals surface area contributed by atoms with Crippen molar-refractivity contribution in [3.63, 3.8) is 0 Å². The Balaban J connectivity index is 1.25. The van der Waals surface area contributed by atoms with E-state index < -0.39 is 0 Å². The monoisotopic (exact) mass is 1510 g/mol. The highest BCUT2D eigenvalue weighted by Gasteiger charge is 2.33. The number of hydrogen-bond donors (Lipinski definition) is 4. The van der Waals surface area contributed by atoms with Crippen LogP contribution in [0.5, 0.6) is 46.0 Å². The zero-order chi connectivity index (χ0) is 81.3. The average Bonchev–Trinajstić information content (AvgIpc) is 0.774. The van der Waals surface area contributed by atoms with E-state index in [0.717, 1.165) is 145 Å². The Kier molecular flexibility index (Phi) is 23.1. The van der Waals surface area contributed by atoms with Crippen molar-refractivity contribution < 1.29 is 48.8 Å². The molecule has 0 radical (unpaired) electrons. The molecule has 9 aromatic carbocycles. The molecule has 112 heavy (non-hydrogen) atoms. The van der Waals surface area contributed by atoms with E-state index in [4.69, 9.17) is 28.4 Å². The first kappa shape index (κ1) is 82.7. The summed E-state index contributed by atoms with van der Waals surface area (Å²) < 4.78 is 42.5. The standard InChI is InChI=1S/C102H128O10/c1-95(2,3)79-43-63-35-71-51-83(99(13,14)15)52-72-36-64-44-80(96(4,5)6)49-69(88(64)104)41-77-57-86(102(22,23)24)58-78-42-70-50-82(98(10,11)12)46-66(90(70)106)38-74-54-84(100(16,17)18)53-73(92(74)110-33-31-108-29-28-107-30-32-109-91(71)72)37-65-45-81(97(7,8)9)48-68(89(65)105)40-76-56-85(101(19,20)21)55-75(39-67(47-79)87(63)103)93(76)111-59-61-26-25-27-62(34-61)60-112-94(77)78/h25-27,34,43-58,103-106H,28-33,35-42,59-60H2,1-24H3. The molecule has 10 heteroatoms. The van der Waals surface area contributed by atoms with Crippen molar-refractivity contribution in [3.8, 4) is 46.0 Å². The van der Waals surface area contributed by atoms with Gasteiger partial charge in [0, 0.05) is 51.4 Å². The van der Waals surface area contributed by atoms with E-state index in [1.807, 2.05) is 0 Å². The Morgan fingerprint density at radius 1 is 0.205 bits per heavy atom. The molecule has 0 atom stereocenters. The summed E-state index contributed by atoms with van der Waals surface area (Å²) in [6, 6.07) is 44.2. The molecule has 0 aromatic heterocycles. The van der Waals surface area contributed by atoms with Crippen LogP contribution in [-0.2, 0) is 117 Å². The number of rotatable bonds is 0. The van der Waals surface area contributed by atoms with Gasteiger partial charge in [0.05, 0.1) is 26.4 Å². The lowest BCUT2D eigenvalue weighted by molar-refractivity contribution is 0.0270. The second-order valence-corrected chi connectivity index (χ2v) is 40.8. The molecular formula is C102H128O10. The summed E-state index contributed by atoms with van der Waals surface area (Å²) in [6.45, 7) is 55.7. The maximum atomic E-state index is 13.5. The van der Waals surface area contributed by atoms with Gasteiger partial charge in [0.2, 0.25) is 0 Å². The normalized spacial score (nSPS) is 15.5. The van der Waals surface area contributed by atoms with Gasteiger partial charge < -0.3 is 48.8 Å². The van der Waals surface area contributed by atoms with E-state index in [9.17, 15) is 20.4 Å². The van der Waals surface area contributed by atoms with Gasteiger partial charge in [-0.3, -0.25) is 0 Å². The largest absolute Gasteiger partial charge is 0.507 e. The molecule has 4 heterocycles. The number of phenolic OH excluding ortho intramolecular Hbond substituents is 4. The Labute approximate surface area is 670 Å². The van der Waals surface area contributed by atoms with Crippen LogP contribution in [0.4, 0.5) is 0 Å². The quantitative estimate of drug-likeness (QED) is 0.109. The molecule has 13 rings (SSSR count). The molecule has 0 fully saturated rings. The predicted octanol–water partition coefficient (Wildman–Crippen LogP) is 23.2. The summed E-state index contributed by atoms with van der Waals surface area (Å²) in [4.78, 5) is 0. The molecule has 0 amide bonds. The van der Waals surface area contributed by atoms with Crippen molar-refractivity contribution in [3.05, 3.63) is 266 Å². The second-order valence-electron chi connectivity index (χ2n) is 40.8. The summed E-state index contributed by atoms with van der Waals surface area (Å²) in [5.41, 5.74) is 21.1. The van der Waals surface area contributed by atoms with Gasteiger partial charge in [0.25, 0.3) is 0 Å². The average molecular weight is 1510 g/mol. The zero-order valence-corrected chi connectivity index (χ0v) is 72.1. The summed E-state index contributed by atoms with van der Waals surface area (Å²) in [6.07, 6.45) is 2.55. The number of ether oxygens (including phenoxy) is 6. The maximum absolute atomic E-state index is 13.5. The Bertz CT molecular complexity index is 4460. The summed E-state index contributed by atoms with van der Waals surface area (Å²) in [7, 11) is 0. The minimum Gasteiger partial charge on any atom is -0.507 e. The molecule has 0 spiro atoms. The van der Waals surface area contributed by atoms with Gasteiger partial charge in [0.15, 0.2) is 0 Å². The zero-order valence-electron chi connectivity index (χ0n) is 72.1. The SMILES string of the molecule is CC(C)(C)c1cc2c(O)c(c1)Cc1cc(C(C)(C)C)cc3c1OCc1cccc(c1)COc1c4cc(C(C)(C)C)cc1Cc1cc(C(C)(C)C)cc(c1O)Cc1cc(C(C)(C)C)cc(c1OCCOCCOCCOc1c(cc(C(C)(C)C)cc1Cc1cc(C(C)(C)C)cc(c1O)C4)C2)Cc1cc(C(C)(C)C)cc(c1O)C3. The lowest BCUT2D eigenvalue weighted by Gasteiger charge is -2.28. The fourth-order valence-corrected chi connectivity index (χ4v) is 15.9. The molecule has 0 unspecified atom stereocenters. The molecule has 4 aliphatic rings. The van der Waals surface area contributed by atoms with Crippen molar-refractivity contribution in [1.82, 2.24) is 0 Å². The van der Waals surface area contributed by atoms with Gasteiger partial charge in [-0.2, -0.15) is 0 Å². The lowest BCUT2D eigenvalue weighted by atomic mass is 9.79. The van der Waals surface area contributed by atoms with Gasteiger partial charge in [-0.15, -0.1) is 0 Å². The van der Waals surface area contributed by atoms with E-state index in [-0.39, 0.29) is 106 Å². The van der Waals surface area contributed by atoms with Crippen LogP contribution < -0.4 is 18.9 Å². The van der Waals surface area contributed by atoms with Crippen molar-refractivity contribution in [2.75, 3.05) is 39.6 Å². The van der Waals surface area contributed by atoms with Crippen molar-refractivity contribution in [1.29, 1.82) is 0 Å². The number of phenols is 4. The molecule has 10 nitrogen and oxygen atoms in total. The van der Waals surface area contributed by atoms with Crippen molar-refractivity contribution >= 4 is 0 Å². The van der Waals surface area contributed by atoms with E-state index in [2.05, 4.69) is 287 Å². The smallest absolute Gasteiger partial charge is 0.126 e. The van der Waals surface area contributed by atoms with Crippen LogP contribution >= 0.6 is 0 Å². The Morgan fingerprint density at radius 3 is 0.545 bits per heavy atom. The third-order valence-electron chi connectivity index (χ3n) is 23.1. The molecule has 9 aromatic rings. The van der Waals surface area contributed by atoms with Crippen LogP contribution in [0.25, 0.3) is 0 Å². The molecule has 4 aliphatic heterocycles. The number of aromatic hydroxyl groups is 4. The highest BCUT2D eigenvalue weighted by atomic mass is 16.6. The van der Waals surface area contributed by atoms with Gasteiger partial charge in [-0.1, -0.05) is 281 Å². The highest BCUT2D eigenvalue weighted by molar-refractivity contribution is 5.63. The first-order valence-electron chi connectivity index (χ1n) is 40.9. The van der Waals surface area contributed by atoms with Gasteiger partial charge in [0.1, 0.15) is 72.4 Å². The van der Waals surface area contributed by atoms with Crippen molar-refractivity contribution in [2.45, 2.75) is 274 Å². The minimum absolute atomic E-state index is 0.190. The second kappa shape index (κ2) is 31.2. The minimum atomic E-state index is -0.349. The third kappa shape index (κ3) is 18.9. The highest BCUT2D eigenvalue weighted by Crippen LogP contribution is 2.48. The number of fused-ring (bicyclic) bond motifs is 11. The van der Waals surface area contributed by atoms with Crippen LogP contribution in [-0.4, -0.2) is 60.1 Å². The molecule has 0 aliphatic carbocycles. The van der Waals surface area contributed by atoms with Gasteiger partial charge >= 0.3 is 0 Å². The molecule has 596 valence electrons. The summed E-state index contributed by atoms with van der Waals surface area (Å²) in [5, 5.41) is 54.1. The molecular weight excluding hydrogens is 1390 g/mol. The van der Waals surface area contributed by atoms with E-state index in [1.165, 1.54) is 0 Å². The molecule has 22 bridgehead atoms. The van der Waals surface area contributed by atoms with Gasteiger partial charge in [-0.05, 0) is 194 Å². The lowest BCUT2D eigenvalue weighted by Crippen LogP contribution is -2.17.